The van der Waals surface area contributed by atoms with E-state index in [1.165, 1.54) is 17.4 Å². The largest absolute Gasteiger partial charge is 0.396 e. The fraction of sp³-hybridized carbons (Fsp3) is 0.591. The van der Waals surface area contributed by atoms with Crippen molar-refractivity contribution in [2.45, 2.75) is 63.5 Å². The topological polar surface area (TPSA) is 56.3 Å². The third kappa shape index (κ3) is 2.42. The molecule has 1 aromatic heterocycles. The predicted octanol–water partition coefficient (Wildman–Crippen LogP) is 3.81. The van der Waals surface area contributed by atoms with Gasteiger partial charge in [0.05, 0.1) is 0 Å². The molecule has 2 saturated heterocycles. The molecule has 4 bridgehead atoms. The van der Waals surface area contributed by atoms with E-state index in [0.717, 1.165) is 37.1 Å². The number of aliphatic hydroxyl groups excluding tert-OH is 1. The van der Waals surface area contributed by atoms with Crippen LogP contribution in [0.5, 0.6) is 0 Å². The molecule has 2 aliphatic heterocycles. The number of aromatic nitrogens is 1. The molecule has 2 aliphatic carbocycles. The molecule has 0 spiro atoms. The summed E-state index contributed by atoms with van der Waals surface area (Å²) < 4.78 is 0. The van der Waals surface area contributed by atoms with Crippen molar-refractivity contribution in [1.29, 1.82) is 0 Å². The van der Waals surface area contributed by atoms with E-state index in [2.05, 4.69) is 41.2 Å². The molecule has 26 heavy (non-hydrogen) atoms. The molecule has 1 aromatic carbocycles. The van der Waals surface area contributed by atoms with E-state index in [1.54, 1.807) is 0 Å². The molecule has 4 aliphatic rings. The van der Waals surface area contributed by atoms with Gasteiger partial charge in [-0.1, -0.05) is 25.1 Å². The van der Waals surface area contributed by atoms with Crippen LogP contribution < -0.4 is 0 Å². The number of aromatic amines is 1. The van der Waals surface area contributed by atoms with Crippen molar-refractivity contribution in [3.8, 4) is 0 Å². The van der Waals surface area contributed by atoms with Crippen LogP contribution in [-0.2, 0) is 4.79 Å². The maximum absolute atomic E-state index is 13.2. The highest BCUT2D eigenvalue weighted by Crippen LogP contribution is 2.56. The van der Waals surface area contributed by atoms with Gasteiger partial charge in [-0.25, -0.2) is 0 Å². The molecule has 2 N–H and O–H groups in total. The second-order valence-corrected chi connectivity index (χ2v) is 9.11. The number of hydrogen-bond acceptors (Lipinski definition) is 2. The Hall–Kier alpha value is -1.81. The summed E-state index contributed by atoms with van der Waals surface area (Å²) in [6.07, 6.45) is 8.11. The van der Waals surface area contributed by atoms with Crippen LogP contribution in [0.4, 0.5) is 0 Å². The fourth-order valence-electron chi connectivity index (χ4n) is 6.36. The van der Waals surface area contributed by atoms with E-state index in [4.69, 9.17) is 0 Å². The minimum Gasteiger partial charge on any atom is -0.396 e. The third-order valence-corrected chi connectivity index (χ3v) is 7.31. The monoisotopic (exact) mass is 352 g/mol. The van der Waals surface area contributed by atoms with Crippen LogP contribution in [0.3, 0.4) is 0 Å². The zero-order chi connectivity index (χ0) is 17.9. The van der Waals surface area contributed by atoms with Crippen molar-refractivity contribution in [3.05, 3.63) is 36.0 Å². The lowest BCUT2D eigenvalue weighted by molar-refractivity contribution is -0.162. The molecule has 1 amide bonds. The summed E-state index contributed by atoms with van der Waals surface area (Å²) in [5.74, 6) is 1.24. The Labute approximate surface area is 154 Å². The first kappa shape index (κ1) is 16.4. The zero-order valence-electron chi connectivity index (χ0n) is 15.4. The van der Waals surface area contributed by atoms with Crippen LogP contribution in [0, 0.1) is 11.3 Å². The molecular formula is C22H28N2O2. The first-order valence-electron chi connectivity index (χ1n) is 10.1. The molecule has 4 heteroatoms. The Kier molecular flexibility index (Phi) is 3.68. The van der Waals surface area contributed by atoms with Crippen LogP contribution in [0.2, 0.25) is 0 Å². The minimum atomic E-state index is 0.107. The van der Waals surface area contributed by atoms with Gasteiger partial charge in [0.2, 0.25) is 5.91 Å². The Morgan fingerprint density at radius 2 is 2.00 bits per heavy atom. The summed E-state index contributed by atoms with van der Waals surface area (Å²) in [5, 5.41) is 11.1. The van der Waals surface area contributed by atoms with Gasteiger partial charge in [-0.15, -0.1) is 0 Å². The molecule has 3 unspecified atom stereocenters. The van der Waals surface area contributed by atoms with Gasteiger partial charge in [-0.3, -0.25) is 4.79 Å². The minimum absolute atomic E-state index is 0.107. The average Bonchev–Trinajstić information content (AvgIpc) is 3.05. The number of benzene rings is 1. The van der Waals surface area contributed by atoms with Gasteiger partial charge in [0.15, 0.2) is 0 Å². The van der Waals surface area contributed by atoms with Gasteiger partial charge in [-0.2, -0.15) is 0 Å². The van der Waals surface area contributed by atoms with E-state index >= 15 is 0 Å². The smallest absolute Gasteiger partial charge is 0.223 e. The fourth-order valence-corrected chi connectivity index (χ4v) is 6.36. The third-order valence-electron chi connectivity index (χ3n) is 7.31. The van der Waals surface area contributed by atoms with Crippen molar-refractivity contribution < 1.29 is 9.90 Å². The summed E-state index contributed by atoms with van der Waals surface area (Å²) in [7, 11) is 0. The number of piperidine rings is 2. The highest BCUT2D eigenvalue weighted by molar-refractivity contribution is 5.85. The molecule has 138 valence electrons. The number of nitrogens with one attached hydrogen (secondary N) is 1. The van der Waals surface area contributed by atoms with E-state index in [1.807, 2.05) is 6.07 Å². The number of nitrogens with zero attached hydrogens (tertiary/aromatic N) is 1. The summed E-state index contributed by atoms with van der Waals surface area (Å²) in [4.78, 5) is 18.8. The number of hydrogen-bond donors (Lipinski definition) is 2. The second-order valence-electron chi connectivity index (χ2n) is 9.11. The quantitative estimate of drug-likeness (QED) is 0.879. The molecule has 2 aromatic rings. The number of carbonyl (C=O) groups is 1. The van der Waals surface area contributed by atoms with Crippen LogP contribution in [0.25, 0.3) is 10.9 Å². The van der Waals surface area contributed by atoms with Crippen molar-refractivity contribution in [1.82, 2.24) is 9.88 Å². The molecule has 6 rings (SSSR count). The summed E-state index contributed by atoms with van der Waals surface area (Å²) in [5.41, 5.74) is 2.49. The van der Waals surface area contributed by atoms with Crippen molar-refractivity contribution in [2.75, 3.05) is 6.61 Å². The van der Waals surface area contributed by atoms with E-state index in [9.17, 15) is 9.90 Å². The first-order chi connectivity index (χ1) is 12.6. The normalized spacial score (nSPS) is 33.8. The van der Waals surface area contributed by atoms with Gasteiger partial charge >= 0.3 is 0 Å². The number of amides is 1. The lowest BCUT2D eigenvalue weighted by atomic mass is 9.55. The van der Waals surface area contributed by atoms with Gasteiger partial charge in [-0.05, 0) is 61.0 Å². The van der Waals surface area contributed by atoms with E-state index < -0.39 is 0 Å². The summed E-state index contributed by atoms with van der Waals surface area (Å²) in [6, 6.07) is 9.03. The maximum atomic E-state index is 13.2. The van der Waals surface area contributed by atoms with Crippen LogP contribution in [0.15, 0.2) is 30.5 Å². The maximum Gasteiger partial charge on any atom is 0.223 e. The molecule has 3 atom stereocenters. The highest BCUT2D eigenvalue weighted by atomic mass is 16.3. The SMILES string of the molecule is CC(CC(=O)N1C2CC3CC1CC(CO)(C3)C2)c1c[nH]c2ccccc12. The number of carbonyl (C=O) groups excluding carboxylic acids is 1. The van der Waals surface area contributed by atoms with Gasteiger partial charge in [0.1, 0.15) is 0 Å². The molecular weight excluding hydrogens is 324 g/mol. The number of para-hydroxylation sites is 1. The molecule has 3 heterocycles. The van der Waals surface area contributed by atoms with E-state index in [0.29, 0.717) is 31.0 Å². The Morgan fingerprint density at radius 3 is 2.73 bits per heavy atom. The van der Waals surface area contributed by atoms with Crippen molar-refractivity contribution in [3.63, 3.8) is 0 Å². The number of fused-ring (bicyclic) bond motifs is 1. The highest BCUT2D eigenvalue weighted by Gasteiger charge is 2.55. The van der Waals surface area contributed by atoms with Crippen LogP contribution >= 0.6 is 0 Å². The molecule has 4 nitrogen and oxygen atoms in total. The second kappa shape index (κ2) is 5.85. The van der Waals surface area contributed by atoms with Gasteiger partial charge in [0.25, 0.3) is 0 Å². The van der Waals surface area contributed by atoms with Crippen LogP contribution in [0.1, 0.15) is 56.9 Å². The lowest BCUT2D eigenvalue weighted by Gasteiger charge is -2.61. The standard InChI is InChI=1S/C22H28N2O2/c1-14(19-12-23-20-5-3-2-4-18(19)20)6-21(26)24-16-7-15-8-17(24)11-22(9-15,10-16)13-25/h2-5,12,14-17,23,25H,6-11,13H2,1H3. The summed E-state index contributed by atoms with van der Waals surface area (Å²) in [6.45, 7) is 2.46. The van der Waals surface area contributed by atoms with Crippen molar-refractivity contribution in [2.24, 2.45) is 11.3 Å². The lowest BCUT2D eigenvalue weighted by Crippen LogP contribution is -2.64. The zero-order valence-corrected chi connectivity index (χ0v) is 15.4. The van der Waals surface area contributed by atoms with Gasteiger partial charge < -0.3 is 15.0 Å². The molecule has 4 fully saturated rings. The molecule has 0 radical (unpaired) electrons. The van der Waals surface area contributed by atoms with Crippen molar-refractivity contribution >= 4 is 16.8 Å². The number of rotatable bonds is 4. The van der Waals surface area contributed by atoms with Gasteiger partial charge in [0, 0.05) is 42.2 Å². The first-order valence-corrected chi connectivity index (χ1v) is 10.1. The number of aliphatic hydroxyl groups is 1. The Morgan fingerprint density at radius 1 is 1.27 bits per heavy atom. The summed E-state index contributed by atoms with van der Waals surface area (Å²) >= 11 is 0. The predicted molar refractivity (Wildman–Crippen MR) is 102 cm³/mol. The Balaban J connectivity index is 1.35. The Bertz CT molecular complexity index is 826. The number of H-pyrrole nitrogens is 1. The van der Waals surface area contributed by atoms with Crippen LogP contribution in [-0.4, -0.2) is 39.6 Å². The van der Waals surface area contributed by atoms with E-state index in [-0.39, 0.29) is 11.3 Å². The molecule has 2 saturated carbocycles. The average molecular weight is 352 g/mol.